The van der Waals surface area contributed by atoms with Crippen molar-refractivity contribution in [1.29, 1.82) is 0 Å². The van der Waals surface area contributed by atoms with Gasteiger partial charge in [-0.1, -0.05) is 48.5 Å². The molecular formula is C25H36IN5O2. The Morgan fingerprint density at radius 3 is 2.42 bits per heavy atom. The molecule has 3 N–H and O–H groups in total. The summed E-state index contributed by atoms with van der Waals surface area (Å²) >= 11 is 0. The van der Waals surface area contributed by atoms with Crippen molar-refractivity contribution in [3.63, 3.8) is 0 Å². The van der Waals surface area contributed by atoms with Crippen molar-refractivity contribution < 1.29 is 9.53 Å². The molecule has 33 heavy (non-hydrogen) atoms. The Balaban J connectivity index is 0.00000385. The second kappa shape index (κ2) is 14.7. The Kier molecular flexibility index (Phi) is 12.0. The van der Waals surface area contributed by atoms with Crippen LogP contribution in [-0.2, 0) is 11.3 Å². The highest BCUT2D eigenvalue weighted by Gasteiger charge is 2.26. The normalized spacial score (nSPS) is 14.8. The summed E-state index contributed by atoms with van der Waals surface area (Å²) in [6.45, 7) is 6.14. The molecule has 2 aromatic carbocycles. The molecule has 8 heteroatoms. The first-order valence-corrected chi connectivity index (χ1v) is 11.4. The molecule has 7 nitrogen and oxygen atoms in total. The highest BCUT2D eigenvalue weighted by atomic mass is 127. The molecule has 180 valence electrons. The number of nitrogens with one attached hydrogen (secondary N) is 3. The lowest BCUT2D eigenvalue weighted by Gasteiger charge is -2.30. The van der Waals surface area contributed by atoms with E-state index in [0.29, 0.717) is 19.0 Å². The lowest BCUT2D eigenvalue weighted by molar-refractivity contribution is -0.119. The number of rotatable bonds is 10. The number of halogens is 1. The molecule has 1 unspecified atom stereocenters. The fourth-order valence-electron chi connectivity index (χ4n) is 3.97. The number of likely N-dealkylation sites (tertiary alicyclic amines) is 1. The minimum absolute atomic E-state index is 0. The largest absolute Gasteiger partial charge is 0.496 e. The molecule has 1 saturated heterocycles. The predicted molar refractivity (Wildman–Crippen MR) is 144 cm³/mol. The second-order valence-corrected chi connectivity index (χ2v) is 7.84. The van der Waals surface area contributed by atoms with Gasteiger partial charge in [0.25, 0.3) is 0 Å². The van der Waals surface area contributed by atoms with Gasteiger partial charge < -0.3 is 20.7 Å². The SMILES string of the molecule is CCNC(=NCC(=O)NCc1ccccc1)NCC(c1ccccc1OC)N1CCCC1.I. The highest BCUT2D eigenvalue weighted by Crippen LogP contribution is 2.31. The van der Waals surface area contributed by atoms with E-state index < -0.39 is 0 Å². The van der Waals surface area contributed by atoms with E-state index in [2.05, 4.69) is 38.0 Å². The Morgan fingerprint density at radius 2 is 1.73 bits per heavy atom. The van der Waals surface area contributed by atoms with Crippen LogP contribution in [0, 0.1) is 0 Å². The Labute approximate surface area is 214 Å². The number of hydrogen-bond donors (Lipinski definition) is 3. The molecule has 1 aliphatic heterocycles. The van der Waals surface area contributed by atoms with E-state index in [9.17, 15) is 4.79 Å². The van der Waals surface area contributed by atoms with Gasteiger partial charge in [-0.2, -0.15) is 0 Å². The van der Waals surface area contributed by atoms with E-state index in [0.717, 1.165) is 30.9 Å². The number of nitrogens with zero attached hydrogens (tertiary/aromatic N) is 2. The van der Waals surface area contributed by atoms with Gasteiger partial charge in [0.05, 0.1) is 13.2 Å². The molecule has 3 rings (SSSR count). The first-order chi connectivity index (χ1) is 15.7. The second-order valence-electron chi connectivity index (χ2n) is 7.84. The Morgan fingerprint density at radius 1 is 1.03 bits per heavy atom. The smallest absolute Gasteiger partial charge is 0.242 e. The van der Waals surface area contributed by atoms with Gasteiger partial charge in [-0.25, -0.2) is 4.99 Å². The van der Waals surface area contributed by atoms with Crippen LogP contribution in [0.5, 0.6) is 5.75 Å². The van der Waals surface area contributed by atoms with Crippen LogP contribution in [0.2, 0.25) is 0 Å². The summed E-state index contributed by atoms with van der Waals surface area (Å²) in [6.07, 6.45) is 2.42. The highest BCUT2D eigenvalue weighted by molar-refractivity contribution is 14.0. The van der Waals surface area contributed by atoms with Gasteiger partial charge in [-0.05, 0) is 44.5 Å². The fraction of sp³-hybridized carbons (Fsp3) is 0.440. The van der Waals surface area contributed by atoms with Crippen LogP contribution in [0.25, 0.3) is 0 Å². The fourth-order valence-corrected chi connectivity index (χ4v) is 3.97. The summed E-state index contributed by atoms with van der Waals surface area (Å²) in [5, 5.41) is 9.61. The van der Waals surface area contributed by atoms with E-state index >= 15 is 0 Å². The molecule has 0 radical (unpaired) electrons. The van der Waals surface area contributed by atoms with E-state index in [1.807, 2.05) is 49.4 Å². The molecule has 1 aliphatic rings. The number of carbonyl (C=O) groups is 1. The molecule has 1 amide bonds. The van der Waals surface area contributed by atoms with Crippen molar-refractivity contribution in [2.45, 2.75) is 32.4 Å². The first-order valence-electron chi connectivity index (χ1n) is 11.4. The maximum Gasteiger partial charge on any atom is 0.242 e. The molecule has 1 fully saturated rings. The number of carbonyl (C=O) groups excluding carboxylic acids is 1. The summed E-state index contributed by atoms with van der Waals surface area (Å²) in [5.74, 6) is 1.43. The number of para-hydroxylation sites is 1. The maximum atomic E-state index is 12.3. The van der Waals surface area contributed by atoms with Crippen molar-refractivity contribution in [3.8, 4) is 5.75 Å². The zero-order valence-corrected chi connectivity index (χ0v) is 21.9. The lowest BCUT2D eigenvalue weighted by Crippen LogP contribution is -2.43. The summed E-state index contributed by atoms with van der Waals surface area (Å²) < 4.78 is 5.63. The average molecular weight is 566 g/mol. The molecule has 1 heterocycles. The number of ether oxygens (including phenoxy) is 1. The average Bonchev–Trinajstić information content (AvgIpc) is 3.37. The topological polar surface area (TPSA) is 78.0 Å². The van der Waals surface area contributed by atoms with Crippen LogP contribution < -0.4 is 20.7 Å². The summed E-state index contributed by atoms with van der Waals surface area (Å²) in [5.41, 5.74) is 2.24. The molecule has 0 spiro atoms. The van der Waals surface area contributed by atoms with E-state index in [1.54, 1.807) is 7.11 Å². The quantitative estimate of drug-likeness (QED) is 0.234. The van der Waals surface area contributed by atoms with E-state index in [4.69, 9.17) is 4.74 Å². The minimum Gasteiger partial charge on any atom is -0.496 e. The number of aliphatic imine (C=N–C) groups is 1. The molecular weight excluding hydrogens is 529 g/mol. The van der Waals surface area contributed by atoms with Crippen molar-refractivity contribution in [2.24, 2.45) is 4.99 Å². The van der Waals surface area contributed by atoms with Crippen LogP contribution in [0.1, 0.15) is 36.9 Å². The Hall–Kier alpha value is -2.33. The number of amides is 1. The van der Waals surface area contributed by atoms with Gasteiger partial charge in [0.15, 0.2) is 5.96 Å². The Bertz CT molecular complexity index is 872. The molecule has 0 aromatic heterocycles. The number of hydrogen-bond acceptors (Lipinski definition) is 4. The zero-order valence-electron chi connectivity index (χ0n) is 19.5. The van der Waals surface area contributed by atoms with Gasteiger partial charge >= 0.3 is 0 Å². The number of methoxy groups -OCH3 is 1. The zero-order chi connectivity index (χ0) is 22.6. The summed E-state index contributed by atoms with van der Waals surface area (Å²) in [7, 11) is 1.72. The lowest BCUT2D eigenvalue weighted by atomic mass is 10.0. The van der Waals surface area contributed by atoms with Crippen molar-refractivity contribution in [1.82, 2.24) is 20.9 Å². The first kappa shape index (κ1) is 26.9. The van der Waals surface area contributed by atoms with E-state index in [1.165, 1.54) is 18.4 Å². The van der Waals surface area contributed by atoms with Gasteiger partial charge in [0.2, 0.25) is 5.91 Å². The molecule has 0 saturated carbocycles. The van der Waals surface area contributed by atoms with Crippen LogP contribution in [0.3, 0.4) is 0 Å². The van der Waals surface area contributed by atoms with Crippen LogP contribution in [0.15, 0.2) is 59.6 Å². The van der Waals surface area contributed by atoms with Crippen molar-refractivity contribution in [3.05, 3.63) is 65.7 Å². The molecule has 2 aromatic rings. The van der Waals surface area contributed by atoms with Gasteiger partial charge in [-0.15, -0.1) is 24.0 Å². The van der Waals surface area contributed by atoms with Crippen LogP contribution >= 0.6 is 24.0 Å². The number of guanidine groups is 1. The molecule has 0 bridgehead atoms. The monoisotopic (exact) mass is 565 g/mol. The number of benzene rings is 2. The van der Waals surface area contributed by atoms with Gasteiger partial charge in [-0.3, -0.25) is 9.69 Å². The van der Waals surface area contributed by atoms with Gasteiger partial charge in [0.1, 0.15) is 12.3 Å². The summed E-state index contributed by atoms with van der Waals surface area (Å²) in [6, 6.07) is 18.2. The van der Waals surface area contributed by atoms with Crippen LogP contribution in [0.4, 0.5) is 0 Å². The third kappa shape index (κ3) is 8.51. The predicted octanol–water partition coefficient (Wildman–Crippen LogP) is 3.32. The van der Waals surface area contributed by atoms with Crippen LogP contribution in [-0.4, -0.2) is 56.6 Å². The summed E-state index contributed by atoms with van der Waals surface area (Å²) in [4.78, 5) is 19.3. The van der Waals surface area contributed by atoms with E-state index in [-0.39, 0.29) is 42.5 Å². The third-order valence-corrected chi connectivity index (χ3v) is 5.60. The standard InChI is InChI=1S/C25H35N5O2.HI/c1-3-26-25(29-19-24(31)27-17-20-11-5-4-6-12-20)28-18-22(30-15-9-10-16-30)21-13-7-8-14-23(21)32-2;/h4-8,11-14,22H,3,9-10,15-19H2,1-2H3,(H,27,31)(H2,26,28,29);1H. The van der Waals surface area contributed by atoms with Gasteiger partial charge in [0, 0.05) is 25.2 Å². The third-order valence-electron chi connectivity index (χ3n) is 5.60. The van der Waals surface area contributed by atoms with Crippen molar-refractivity contribution in [2.75, 3.05) is 39.8 Å². The maximum absolute atomic E-state index is 12.3. The minimum atomic E-state index is -0.105. The molecule has 0 aliphatic carbocycles. The van der Waals surface area contributed by atoms with Crippen molar-refractivity contribution >= 4 is 35.8 Å². The molecule has 1 atom stereocenters.